The number of aliphatic carboxylic acids is 1. The summed E-state index contributed by atoms with van der Waals surface area (Å²) in [5, 5.41) is 11.2. The van der Waals surface area contributed by atoms with E-state index in [0.29, 0.717) is 19.4 Å². The maximum atomic E-state index is 12.5. The van der Waals surface area contributed by atoms with Gasteiger partial charge in [0.25, 0.3) is 0 Å². The zero-order valence-electron chi connectivity index (χ0n) is 11.7. The summed E-state index contributed by atoms with van der Waals surface area (Å²) in [7, 11) is 1.75. The second-order valence-corrected chi connectivity index (χ2v) is 6.22. The van der Waals surface area contributed by atoms with Crippen LogP contribution in [0.5, 0.6) is 0 Å². The zero-order valence-corrected chi connectivity index (χ0v) is 12.5. The number of hydrogen-bond acceptors (Lipinski definition) is 3. The number of rotatable bonds is 4. The van der Waals surface area contributed by atoms with Crippen molar-refractivity contribution in [1.82, 2.24) is 4.90 Å². The second kappa shape index (κ2) is 6.22. The van der Waals surface area contributed by atoms with Crippen LogP contribution in [0.4, 0.5) is 0 Å². The average molecular weight is 293 g/mol. The van der Waals surface area contributed by atoms with Crippen LogP contribution >= 0.6 is 11.3 Å². The van der Waals surface area contributed by atoms with Crippen molar-refractivity contribution in [2.45, 2.75) is 26.3 Å². The molecule has 1 aliphatic carbocycles. The Balaban J connectivity index is 2.07. The lowest BCUT2D eigenvalue weighted by Crippen LogP contribution is -2.39. The molecule has 0 radical (unpaired) electrons. The predicted octanol–water partition coefficient (Wildman–Crippen LogP) is 2.68. The van der Waals surface area contributed by atoms with E-state index in [2.05, 4.69) is 0 Å². The molecular formula is C15H19NO3S. The SMILES string of the molecule is Cc1ccsc1CN(C)C(=O)C1CC=CCC1C(=O)O. The fourth-order valence-corrected chi connectivity index (χ4v) is 3.46. The number of nitrogens with zero attached hydrogens (tertiary/aromatic N) is 1. The van der Waals surface area contributed by atoms with E-state index >= 15 is 0 Å². The smallest absolute Gasteiger partial charge is 0.307 e. The van der Waals surface area contributed by atoms with Gasteiger partial charge in [-0.25, -0.2) is 0 Å². The van der Waals surface area contributed by atoms with Gasteiger partial charge in [-0.2, -0.15) is 0 Å². The van der Waals surface area contributed by atoms with Crippen molar-refractivity contribution in [1.29, 1.82) is 0 Å². The maximum Gasteiger partial charge on any atom is 0.307 e. The molecule has 0 aliphatic heterocycles. The van der Waals surface area contributed by atoms with E-state index in [1.807, 2.05) is 30.5 Å². The number of allylic oxidation sites excluding steroid dienone is 2. The molecule has 2 atom stereocenters. The Morgan fingerprint density at radius 3 is 2.55 bits per heavy atom. The molecule has 0 saturated heterocycles. The number of aryl methyl sites for hydroxylation is 1. The third kappa shape index (κ3) is 3.10. The summed E-state index contributed by atoms with van der Waals surface area (Å²) in [4.78, 5) is 26.5. The first-order valence-corrected chi connectivity index (χ1v) is 7.54. The minimum absolute atomic E-state index is 0.0745. The largest absolute Gasteiger partial charge is 0.481 e. The van der Waals surface area contributed by atoms with Crippen LogP contribution in [-0.2, 0) is 16.1 Å². The summed E-state index contributed by atoms with van der Waals surface area (Å²) in [6.45, 7) is 2.57. The molecule has 0 saturated carbocycles. The number of carbonyl (C=O) groups is 2. The molecule has 20 heavy (non-hydrogen) atoms. The van der Waals surface area contributed by atoms with Crippen LogP contribution in [-0.4, -0.2) is 28.9 Å². The Labute approximate surface area is 122 Å². The van der Waals surface area contributed by atoms with Gasteiger partial charge in [-0.15, -0.1) is 11.3 Å². The molecular weight excluding hydrogens is 274 g/mol. The summed E-state index contributed by atoms with van der Waals surface area (Å²) in [6, 6.07) is 2.03. The van der Waals surface area contributed by atoms with Crippen molar-refractivity contribution < 1.29 is 14.7 Å². The van der Waals surface area contributed by atoms with Gasteiger partial charge < -0.3 is 10.0 Å². The van der Waals surface area contributed by atoms with Crippen LogP contribution < -0.4 is 0 Å². The topological polar surface area (TPSA) is 57.6 Å². The van der Waals surface area contributed by atoms with Crippen LogP contribution in [0.1, 0.15) is 23.3 Å². The quantitative estimate of drug-likeness (QED) is 0.868. The molecule has 5 heteroatoms. The van der Waals surface area contributed by atoms with Gasteiger partial charge in [-0.1, -0.05) is 12.2 Å². The van der Waals surface area contributed by atoms with E-state index in [0.717, 1.165) is 4.88 Å². The van der Waals surface area contributed by atoms with Crippen LogP contribution in [0.2, 0.25) is 0 Å². The lowest BCUT2D eigenvalue weighted by Gasteiger charge is -2.28. The first-order chi connectivity index (χ1) is 9.50. The lowest BCUT2D eigenvalue weighted by atomic mass is 9.82. The van der Waals surface area contributed by atoms with Gasteiger partial charge in [0.1, 0.15) is 0 Å². The molecule has 2 rings (SSSR count). The van der Waals surface area contributed by atoms with Crippen molar-refractivity contribution in [3.63, 3.8) is 0 Å². The van der Waals surface area contributed by atoms with Crippen LogP contribution in [0, 0.1) is 18.8 Å². The zero-order chi connectivity index (χ0) is 14.7. The maximum absolute atomic E-state index is 12.5. The third-order valence-electron chi connectivity index (χ3n) is 3.79. The number of amides is 1. The molecule has 0 aromatic carbocycles. The molecule has 0 spiro atoms. The monoisotopic (exact) mass is 293 g/mol. The summed E-state index contributed by atoms with van der Waals surface area (Å²) in [5.74, 6) is -2.00. The second-order valence-electron chi connectivity index (χ2n) is 5.22. The number of hydrogen-bond donors (Lipinski definition) is 1. The highest BCUT2D eigenvalue weighted by molar-refractivity contribution is 7.10. The number of thiophene rings is 1. The molecule has 4 nitrogen and oxygen atoms in total. The molecule has 1 aromatic rings. The van der Waals surface area contributed by atoms with Crippen molar-refractivity contribution in [2.75, 3.05) is 7.05 Å². The molecule has 1 heterocycles. The normalized spacial score (nSPS) is 21.7. The van der Waals surface area contributed by atoms with Gasteiger partial charge in [0.05, 0.1) is 18.4 Å². The Kier molecular flexibility index (Phi) is 4.60. The minimum Gasteiger partial charge on any atom is -0.481 e. The van der Waals surface area contributed by atoms with Crippen LogP contribution in [0.15, 0.2) is 23.6 Å². The van der Waals surface area contributed by atoms with E-state index in [1.165, 1.54) is 5.56 Å². The highest BCUT2D eigenvalue weighted by Crippen LogP contribution is 2.28. The van der Waals surface area contributed by atoms with E-state index in [1.54, 1.807) is 23.3 Å². The van der Waals surface area contributed by atoms with Crippen LogP contribution in [0.25, 0.3) is 0 Å². The van der Waals surface area contributed by atoms with Crippen molar-refractivity contribution in [3.05, 3.63) is 34.0 Å². The van der Waals surface area contributed by atoms with Gasteiger partial charge >= 0.3 is 5.97 Å². The summed E-state index contributed by atoms with van der Waals surface area (Å²) < 4.78 is 0. The first-order valence-electron chi connectivity index (χ1n) is 6.66. The van der Waals surface area contributed by atoms with E-state index in [-0.39, 0.29) is 5.91 Å². The summed E-state index contributed by atoms with van der Waals surface area (Å²) in [6.07, 6.45) is 4.72. The molecule has 1 amide bonds. The number of carbonyl (C=O) groups excluding carboxylic acids is 1. The standard InChI is InChI=1S/C15H19NO3S/c1-10-7-8-20-13(10)9-16(2)14(17)11-5-3-4-6-12(11)15(18)19/h3-4,7-8,11-12H,5-6,9H2,1-2H3,(H,18,19). The Morgan fingerprint density at radius 1 is 1.35 bits per heavy atom. The van der Waals surface area contributed by atoms with Gasteiger partial charge in [0, 0.05) is 11.9 Å². The average Bonchev–Trinajstić information content (AvgIpc) is 2.83. The lowest BCUT2D eigenvalue weighted by molar-refractivity contribution is -0.150. The molecule has 1 N–H and O–H groups in total. The van der Waals surface area contributed by atoms with Gasteiger partial charge in [0.15, 0.2) is 0 Å². The Bertz CT molecular complexity index is 535. The van der Waals surface area contributed by atoms with Crippen LogP contribution in [0.3, 0.4) is 0 Å². The van der Waals surface area contributed by atoms with E-state index < -0.39 is 17.8 Å². The summed E-state index contributed by atoms with van der Waals surface area (Å²) in [5.41, 5.74) is 1.17. The summed E-state index contributed by atoms with van der Waals surface area (Å²) >= 11 is 1.62. The molecule has 0 fully saturated rings. The van der Waals surface area contributed by atoms with Gasteiger partial charge in [-0.3, -0.25) is 9.59 Å². The number of carboxylic acids is 1. The van der Waals surface area contributed by atoms with E-state index in [4.69, 9.17) is 0 Å². The number of carboxylic acid groups (broad SMARTS) is 1. The highest BCUT2D eigenvalue weighted by atomic mass is 32.1. The Morgan fingerprint density at radius 2 is 2.00 bits per heavy atom. The fourth-order valence-electron chi connectivity index (χ4n) is 2.50. The molecule has 0 bridgehead atoms. The van der Waals surface area contributed by atoms with Crippen molar-refractivity contribution in [3.8, 4) is 0 Å². The minimum atomic E-state index is -0.881. The molecule has 1 aliphatic rings. The van der Waals surface area contributed by atoms with E-state index in [9.17, 15) is 14.7 Å². The van der Waals surface area contributed by atoms with Crippen molar-refractivity contribution >= 4 is 23.2 Å². The Hall–Kier alpha value is -1.62. The molecule has 2 unspecified atom stereocenters. The molecule has 1 aromatic heterocycles. The third-order valence-corrected chi connectivity index (χ3v) is 4.80. The molecule has 108 valence electrons. The van der Waals surface area contributed by atoms with Gasteiger partial charge in [0.2, 0.25) is 5.91 Å². The van der Waals surface area contributed by atoms with Crippen molar-refractivity contribution in [2.24, 2.45) is 11.8 Å². The fraction of sp³-hybridized carbons (Fsp3) is 0.467. The van der Waals surface area contributed by atoms with Gasteiger partial charge in [-0.05, 0) is 36.8 Å². The predicted molar refractivity (Wildman–Crippen MR) is 78.5 cm³/mol. The highest BCUT2D eigenvalue weighted by Gasteiger charge is 2.35. The first kappa shape index (κ1) is 14.8.